The van der Waals surface area contributed by atoms with Crippen LogP contribution in [0.1, 0.15) is 7.43 Å². The van der Waals surface area contributed by atoms with Crippen LogP contribution in [-0.4, -0.2) is 5.91 Å². The molecule has 0 aromatic heterocycles. The lowest BCUT2D eigenvalue weighted by atomic mass is 10.3. The minimum absolute atomic E-state index is 0. The molecule has 2 heteroatoms. The number of carbonyl (C=O) groups is 1. The number of carbonyl (C=O) groups excluding carboxylic acids is 1. The number of amides is 1. The zero-order valence-electron chi connectivity index (χ0n) is 5.24. The van der Waals surface area contributed by atoms with Gasteiger partial charge in [0.1, 0.15) is 0 Å². The van der Waals surface area contributed by atoms with Gasteiger partial charge in [-0.15, -0.1) is 0 Å². The Bertz CT molecular complexity index is 355. The first-order valence-corrected chi connectivity index (χ1v) is 3.06. The second-order valence-corrected chi connectivity index (χ2v) is 2.15. The number of hydrogen-bond acceptors (Lipinski definition) is 1. The van der Waals surface area contributed by atoms with Gasteiger partial charge in [0.25, 0.3) is 5.91 Å². The van der Waals surface area contributed by atoms with Crippen molar-refractivity contribution < 1.29 is 4.79 Å². The van der Waals surface area contributed by atoms with Gasteiger partial charge in [0, 0.05) is 11.3 Å². The van der Waals surface area contributed by atoms with Gasteiger partial charge in [0.15, 0.2) is 0 Å². The fraction of sp³-hybridized carbons (Fsp3) is 0.111. The summed E-state index contributed by atoms with van der Waals surface area (Å²) < 4.78 is 0. The first-order valence-electron chi connectivity index (χ1n) is 3.06. The van der Waals surface area contributed by atoms with Crippen molar-refractivity contribution in [1.82, 2.24) is 0 Å². The number of fused-ring (bicyclic) bond motifs is 1. The van der Waals surface area contributed by atoms with Gasteiger partial charge < -0.3 is 0 Å². The molecule has 0 saturated carbocycles. The first kappa shape index (κ1) is 7.66. The van der Waals surface area contributed by atoms with Gasteiger partial charge in [-0.3, -0.25) is 4.79 Å². The molecule has 1 aromatic rings. The van der Waals surface area contributed by atoms with E-state index in [1.165, 1.54) is 6.08 Å². The van der Waals surface area contributed by atoms with Crippen LogP contribution in [0, 0.1) is 0 Å². The molecule has 0 bridgehead atoms. The Labute approximate surface area is 64.9 Å². The van der Waals surface area contributed by atoms with E-state index < -0.39 is 0 Å². The summed E-state index contributed by atoms with van der Waals surface area (Å²) in [7, 11) is 0. The molecule has 1 aliphatic rings. The molecule has 2 nitrogen and oxygen atoms in total. The highest BCUT2D eigenvalue weighted by Gasteiger charge is 1.99. The Kier molecular flexibility index (Phi) is 1.85. The average molecular weight is 147 g/mol. The molecule has 1 aliphatic heterocycles. The predicted molar refractivity (Wildman–Crippen MR) is 43.4 cm³/mol. The number of nitrogens with zero attached hydrogens (tertiary/aromatic N) is 1. The van der Waals surface area contributed by atoms with E-state index in [9.17, 15) is 4.79 Å². The number of benzene rings is 1. The second-order valence-electron chi connectivity index (χ2n) is 2.15. The maximum Gasteiger partial charge on any atom is 0.270 e. The molecule has 0 fully saturated rings. The van der Waals surface area contributed by atoms with E-state index in [1.54, 1.807) is 0 Å². The van der Waals surface area contributed by atoms with Crippen LogP contribution >= 0.6 is 0 Å². The van der Waals surface area contributed by atoms with E-state index in [2.05, 4.69) is 4.99 Å². The molecular weight excluding hydrogens is 138 g/mol. The fourth-order valence-corrected chi connectivity index (χ4v) is 0.995. The van der Waals surface area contributed by atoms with E-state index in [1.807, 2.05) is 24.3 Å². The standard InChI is InChI=1S/C8H5NO.CH4/c10-8-5-6-3-1-2-4-7(6)9-8;/h1-5H;1H4. The number of para-hydroxylation sites is 1. The van der Waals surface area contributed by atoms with Crippen molar-refractivity contribution in [1.29, 1.82) is 0 Å². The van der Waals surface area contributed by atoms with Gasteiger partial charge in [0.05, 0.1) is 5.36 Å². The van der Waals surface area contributed by atoms with Crippen molar-refractivity contribution in [3.8, 4) is 0 Å². The largest absolute Gasteiger partial charge is 0.270 e. The third kappa shape index (κ3) is 1.19. The third-order valence-electron chi connectivity index (χ3n) is 1.45. The molecule has 0 N–H and O–H groups in total. The first-order chi connectivity index (χ1) is 4.86. The highest BCUT2D eigenvalue weighted by molar-refractivity contribution is 6.06. The summed E-state index contributed by atoms with van der Waals surface area (Å²) in [5.41, 5.74) is 0. The predicted octanol–water partition coefficient (Wildman–Crippen LogP) is 0.263. The molecule has 56 valence electrons. The van der Waals surface area contributed by atoms with E-state index in [-0.39, 0.29) is 13.3 Å². The maximum absolute atomic E-state index is 10.7. The quantitative estimate of drug-likeness (QED) is 0.517. The summed E-state index contributed by atoms with van der Waals surface area (Å²) in [5, 5.41) is 1.71. The molecule has 0 aliphatic carbocycles. The molecule has 1 aromatic carbocycles. The smallest absolute Gasteiger partial charge is 0.267 e. The Morgan fingerprint density at radius 3 is 2.64 bits per heavy atom. The lowest BCUT2D eigenvalue weighted by Crippen LogP contribution is -2.19. The van der Waals surface area contributed by atoms with Crippen LogP contribution in [0.3, 0.4) is 0 Å². The molecule has 0 radical (unpaired) electrons. The lowest BCUT2D eigenvalue weighted by molar-refractivity contribution is -0.112. The Hall–Kier alpha value is -1.44. The molecular formula is C9H9NO. The van der Waals surface area contributed by atoms with E-state index >= 15 is 0 Å². The molecule has 0 unspecified atom stereocenters. The summed E-state index contributed by atoms with van der Waals surface area (Å²) in [4.78, 5) is 14.4. The zero-order chi connectivity index (χ0) is 6.97. The summed E-state index contributed by atoms with van der Waals surface area (Å²) >= 11 is 0. The highest BCUT2D eigenvalue weighted by atomic mass is 16.1. The van der Waals surface area contributed by atoms with Crippen LogP contribution in [0.4, 0.5) is 0 Å². The summed E-state index contributed by atoms with van der Waals surface area (Å²) in [6.07, 6.45) is 1.54. The molecule has 0 atom stereocenters. The second kappa shape index (κ2) is 2.66. The van der Waals surface area contributed by atoms with Crippen LogP contribution in [0.15, 0.2) is 29.3 Å². The Morgan fingerprint density at radius 1 is 1.18 bits per heavy atom. The van der Waals surface area contributed by atoms with Crippen molar-refractivity contribution in [2.75, 3.05) is 0 Å². The zero-order valence-corrected chi connectivity index (χ0v) is 5.24. The Morgan fingerprint density at radius 2 is 1.91 bits per heavy atom. The normalized spacial score (nSPS) is 12.5. The van der Waals surface area contributed by atoms with E-state index in [0.717, 1.165) is 10.6 Å². The highest BCUT2D eigenvalue weighted by Crippen LogP contribution is 1.81. The monoisotopic (exact) mass is 147 g/mol. The van der Waals surface area contributed by atoms with Crippen LogP contribution < -0.4 is 10.6 Å². The lowest BCUT2D eigenvalue weighted by Gasteiger charge is -1.77. The number of hydrogen-bond donors (Lipinski definition) is 0. The molecule has 0 spiro atoms. The average Bonchev–Trinajstić information content (AvgIpc) is 2.27. The van der Waals surface area contributed by atoms with Gasteiger partial charge in [-0.25, -0.2) is 4.99 Å². The number of rotatable bonds is 0. The summed E-state index contributed by atoms with van der Waals surface area (Å²) in [6, 6.07) is 7.47. The molecule has 2 rings (SSSR count). The van der Waals surface area contributed by atoms with Gasteiger partial charge in [-0.2, -0.15) is 0 Å². The van der Waals surface area contributed by atoms with Crippen molar-refractivity contribution in [2.24, 2.45) is 4.99 Å². The fourth-order valence-electron chi connectivity index (χ4n) is 0.995. The van der Waals surface area contributed by atoms with Gasteiger partial charge in [-0.05, 0) is 6.07 Å². The van der Waals surface area contributed by atoms with Crippen molar-refractivity contribution in [3.63, 3.8) is 0 Å². The van der Waals surface area contributed by atoms with Crippen LogP contribution in [-0.2, 0) is 4.79 Å². The van der Waals surface area contributed by atoms with Crippen molar-refractivity contribution in [2.45, 2.75) is 7.43 Å². The topological polar surface area (TPSA) is 29.4 Å². The summed E-state index contributed by atoms with van der Waals surface area (Å²) in [6.45, 7) is 0. The molecule has 1 amide bonds. The van der Waals surface area contributed by atoms with Crippen molar-refractivity contribution >= 4 is 12.0 Å². The summed E-state index contributed by atoms with van der Waals surface area (Å²) in [5.74, 6) is -0.152. The van der Waals surface area contributed by atoms with Crippen molar-refractivity contribution in [3.05, 3.63) is 34.8 Å². The van der Waals surface area contributed by atoms with E-state index in [4.69, 9.17) is 0 Å². The van der Waals surface area contributed by atoms with Crippen LogP contribution in [0.2, 0.25) is 0 Å². The third-order valence-corrected chi connectivity index (χ3v) is 1.45. The minimum Gasteiger partial charge on any atom is -0.267 e. The van der Waals surface area contributed by atoms with Gasteiger partial charge in [0.2, 0.25) is 0 Å². The van der Waals surface area contributed by atoms with Crippen LogP contribution in [0.25, 0.3) is 6.08 Å². The SMILES string of the molecule is C.O=C1C=c2ccccc2=N1. The van der Waals surface area contributed by atoms with Gasteiger partial charge in [-0.1, -0.05) is 25.6 Å². The van der Waals surface area contributed by atoms with Crippen LogP contribution in [0.5, 0.6) is 0 Å². The molecule has 0 saturated heterocycles. The van der Waals surface area contributed by atoms with E-state index in [0.29, 0.717) is 0 Å². The minimum atomic E-state index is -0.152. The van der Waals surface area contributed by atoms with Gasteiger partial charge >= 0.3 is 0 Å². The maximum atomic E-state index is 10.7. The Balaban J connectivity index is 0.000000605. The molecule has 1 heterocycles. The molecule has 11 heavy (non-hydrogen) atoms.